The molecule has 1 saturated heterocycles. The number of hydrogen-bond donors (Lipinski definition) is 1. The smallest absolute Gasteiger partial charge is 0.238 e. The summed E-state index contributed by atoms with van der Waals surface area (Å²) in [6.07, 6.45) is 0. The molecule has 0 spiro atoms. The molecular formula is C14H19ClN2OS. The van der Waals surface area contributed by atoms with Crippen molar-refractivity contribution in [3.8, 4) is 0 Å². The lowest BCUT2D eigenvalue weighted by Gasteiger charge is -2.34. The predicted molar refractivity (Wildman–Crippen MR) is 80.8 cm³/mol. The lowest BCUT2D eigenvalue weighted by atomic mass is 10.1. The largest absolute Gasteiger partial charge is 0.339 e. The van der Waals surface area contributed by atoms with Gasteiger partial charge in [0, 0.05) is 31.1 Å². The number of amides is 1. The fourth-order valence-corrected chi connectivity index (χ4v) is 3.42. The van der Waals surface area contributed by atoms with Crippen LogP contribution in [0.4, 0.5) is 0 Å². The quantitative estimate of drug-likeness (QED) is 0.871. The maximum Gasteiger partial charge on any atom is 0.238 e. The van der Waals surface area contributed by atoms with Gasteiger partial charge in [0.05, 0.1) is 9.77 Å². The van der Waals surface area contributed by atoms with E-state index in [1.54, 1.807) is 0 Å². The molecule has 0 atom stereocenters. The second kappa shape index (κ2) is 6.16. The molecule has 19 heavy (non-hydrogen) atoms. The Morgan fingerprint density at radius 2 is 1.95 bits per heavy atom. The Labute approximate surface area is 123 Å². The summed E-state index contributed by atoms with van der Waals surface area (Å²) in [6.45, 7) is 7.24. The zero-order chi connectivity index (χ0) is 13.9. The van der Waals surface area contributed by atoms with Gasteiger partial charge in [-0.2, -0.15) is 0 Å². The first kappa shape index (κ1) is 14.7. The van der Waals surface area contributed by atoms with Gasteiger partial charge in [-0.25, -0.2) is 0 Å². The van der Waals surface area contributed by atoms with Crippen molar-refractivity contribution in [1.82, 2.24) is 10.2 Å². The van der Waals surface area contributed by atoms with Gasteiger partial charge in [0.1, 0.15) is 0 Å². The van der Waals surface area contributed by atoms with Crippen LogP contribution in [0.5, 0.6) is 0 Å². The summed E-state index contributed by atoms with van der Waals surface area (Å²) in [4.78, 5) is 15.5. The van der Waals surface area contributed by atoms with E-state index in [2.05, 4.69) is 5.32 Å². The molecule has 1 aromatic rings. The van der Waals surface area contributed by atoms with Crippen molar-refractivity contribution < 1.29 is 4.79 Å². The van der Waals surface area contributed by atoms with Gasteiger partial charge in [0.25, 0.3) is 0 Å². The summed E-state index contributed by atoms with van der Waals surface area (Å²) in [5.41, 5.74) is 0. The van der Waals surface area contributed by atoms with Gasteiger partial charge in [-0.05, 0) is 26.0 Å². The van der Waals surface area contributed by atoms with E-state index in [-0.39, 0.29) is 5.91 Å². The standard InChI is InChI=1S/C14H19ClN2OS/c1-14(2,13(18)17-9-7-16-8-10-17)19-12-6-4-3-5-11(12)15/h3-6,16H,7-10H2,1-2H3. The van der Waals surface area contributed by atoms with E-state index in [9.17, 15) is 4.79 Å². The third kappa shape index (κ3) is 3.65. The summed E-state index contributed by atoms with van der Waals surface area (Å²) < 4.78 is -0.498. The highest BCUT2D eigenvalue weighted by Gasteiger charge is 2.34. The fourth-order valence-electron chi connectivity index (χ4n) is 2.09. The average Bonchev–Trinajstić information content (AvgIpc) is 2.41. The predicted octanol–water partition coefficient (Wildman–Crippen LogP) is 2.64. The minimum atomic E-state index is -0.498. The number of nitrogens with one attached hydrogen (secondary N) is 1. The Morgan fingerprint density at radius 3 is 2.58 bits per heavy atom. The summed E-state index contributed by atoms with van der Waals surface area (Å²) in [7, 11) is 0. The Hall–Kier alpha value is -0.710. The van der Waals surface area contributed by atoms with Gasteiger partial charge in [-0.3, -0.25) is 4.79 Å². The Morgan fingerprint density at radius 1 is 1.32 bits per heavy atom. The maximum atomic E-state index is 12.6. The van der Waals surface area contributed by atoms with Crippen LogP contribution in [0.3, 0.4) is 0 Å². The molecule has 1 aliphatic rings. The van der Waals surface area contributed by atoms with Crippen LogP contribution in [0.1, 0.15) is 13.8 Å². The molecule has 1 aromatic carbocycles. The number of carbonyl (C=O) groups is 1. The Kier molecular flexibility index (Phi) is 4.76. The molecule has 0 saturated carbocycles. The van der Waals surface area contributed by atoms with Crippen LogP contribution in [0, 0.1) is 0 Å². The van der Waals surface area contributed by atoms with E-state index in [0.717, 1.165) is 31.1 Å². The van der Waals surface area contributed by atoms with Crippen LogP contribution in [0.2, 0.25) is 5.02 Å². The molecule has 1 N–H and O–H groups in total. The van der Waals surface area contributed by atoms with Crippen molar-refractivity contribution in [2.45, 2.75) is 23.5 Å². The number of halogens is 1. The molecule has 0 unspecified atom stereocenters. The molecule has 1 fully saturated rings. The van der Waals surface area contributed by atoms with Crippen molar-refractivity contribution in [3.63, 3.8) is 0 Å². The number of piperazine rings is 1. The maximum absolute atomic E-state index is 12.6. The molecule has 3 nitrogen and oxygen atoms in total. The summed E-state index contributed by atoms with van der Waals surface area (Å²) in [5, 5.41) is 3.96. The molecule has 2 rings (SSSR count). The molecule has 0 aliphatic carbocycles. The number of carbonyl (C=O) groups excluding carboxylic acids is 1. The molecule has 1 amide bonds. The summed E-state index contributed by atoms with van der Waals surface area (Å²) in [5.74, 6) is 0.180. The van der Waals surface area contributed by atoms with E-state index in [1.807, 2.05) is 43.0 Å². The third-order valence-electron chi connectivity index (χ3n) is 3.12. The zero-order valence-electron chi connectivity index (χ0n) is 11.3. The van der Waals surface area contributed by atoms with E-state index < -0.39 is 4.75 Å². The van der Waals surface area contributed by atoms with E-state index in [0.29, 0.717) is 5.02 Å². The monoisotopic (exact) mass is 298 g/mol. The lowest BCUT2D eigenvalue weighted by molar-refractivity contribution is -0.133. The van der Waals surface area contributed by atoms with Crippen LogP contribution in [0.15, 0.2) is 29.2 Å². The highest BCUT2D eigenvalue weighted by Crippen LogP contribution is 2.37. The van der Waals surface area contributed by atoms with Gasteiger partial charge >= 0.3 is 0 Å². The number of hydrogen-bond acceptors (Lipinski definition) is 3. The topological polar surface area (TPSA) is 32.3 Å². The second-order valence-corrected chi connectivity index (χ2v) is 7.16. The van der Waals surface area contributed by atoms with Crippen LogP contribution >= 0.6 is 23.4 Å². The van der Waals surface area contributed by atoms with Crippen molar-refractivity contribution in [3.05, 3.63) is 29.3 Å². The first-order valence-electron chi connectivity index (χ1n) is 6.44. The van der Waals surface area contributed by atoms with Gasteiger partial charge in [0.15, 0.2) is 0 Å². The first-order valence-corrected chi connectivity index (χ1v) is 7.64. The van der Waals surface area contributed by atoms with Gasteiger partial charge in [0.2, 0.25) is 5.91 Å². The molecular weight excluding hydrogens is 280 g/mol. The van der Waals surface area contributed by atoms with Gasteiger partial charge in [-0.15, -0.1) is 11.8 Å². The fraction of sp³-hybridized carbons (Fsp3) is 0.500. The molecule has 1 aliphatic heterocycles. The van der Waals surface area contributed by atoms with Gasteiger partial charge < -0.3 is 10.2 Å². The van der Waals surface area contributed by atoms with Crippen molar-refractivity contribution in [1.29, 1.82) is 0 Å². The van der Waals surface area contributed by atoms with Crippen LogP contribution in [0.25, 0.3) is 0 Å². The number of nitrogens with zero attached hydrogens (tertiary/aromatic N) is 1. The van der Waals surface area contributed by atoms with Crippen molar-refractivity contribution in [2.75, 3.05) is 26.2 Å². The molecule has 1 heterocycles. The van der Waals surface area contributed by atoms with Crippen LogP contribution in [-0.2, 0) is 4.79 Å². The van der Waals surface area contributed by atoms with Crippen molar-refractivity contribution in [2.24, 2.45) is 0 Å². The Balaban J connectivity index is 2.08. The Bertz CT molecular complexity index is 459. The number of benzene rings is 1. The second-order valence-electron chi connectivity index (χ2n) is 5.08. The minimum Gasteiger partial charge on any atom is -0.339 e. The average molecular weight is 299 g/mol. The van der Waals surface area contributed by atoms with E-state index >= 15 is 0 Å². The van der Waals surface area contributed by atoms with E-state index in [1.165, 1.54) is 11.8 Å². The van der Waals surface area contributed by atoms with Crippen LogP contribution < -0.4 is 5.32 Å². The van der Waals surface area contributed by atoms with E-state index in [4.69, 9.17) is 11.6 Å². The highest BCUT2D eigenvalue weighted by molar-refractivity contribution is 8.01. The first-order chi connectivity index (χ1) is 9.00. The minimum absolute atomic E-state index is 0.180. The number of thioether (sulfide) groups is 1. The number of rotatable bonds is 3. The zero-order valence-corrected chi connectivity index (χ0v) is 12.9. The molecule has 0 bridgehead atoms. The van der Waals surface area contributed by atoms with Crippen molar-refractivity contribution >= 4 is 29.3 Å². The molecule has 0 aromatic heterocycles. The summed E-state index contributed by atoms with van der Waals surface area (Å²) >= 11 is 7.70. The van der Waals surface area contributed by atoms with Gasteiger partial charge in [-0.1, -0.05) is 23.7 Å². The normalized spacial score (nSPS) is 16.5. The third-order valence-corrected chi connectivity index (χ3v) is 4.82. The molecule has 104 valence electrons. The molecule has 5 heteroatoms. The lowest BCUT2D eigenvalue weighted by Crippen LogP contribution is -2.51. The van der Waals surface area contributed by atoms with Crippen LogP contribution in [-0.4, -0.2) is 41.7 Å². The summed E-state index contributed by atoms with van der Waals surface area (Å²) in [6, 6.07) is 7.66. The molecule has 0 radical (unpaired) electrons. The SMILES string of the molecule is CC(C)(Sc1ccccc1Cl)C(=O)N1CCNCC1. The highest BCUT2D eigenvalue weighted by atomic mass is 35.5.